The summed E-state index contributed by atoms with van der Waals surface area (Å²) in [6.07, 6.45) is 16.2. The lowest BCUT2D eigenvalue weighted by molar-refractivity contribution is 0.0513. The van der Waals surface area contributed by atoms with Gasteiger partial charge < -0.3 is 0 Å². The molecule has 0 aliphatic heterocycles. The van der Waals surface area contributed by atoms with Gasteiger partial charge in [0, 0.05) is 0 Å². The maximum atomic E-state index is 14.3. The van der Waals surface area contributed by atoms with Crippen molar-refractivity contribution in [2.24, 2.45) is 17.8 Å². The zero-order valence-corrected chi connectivity index (χ0v) is 13.8. The SMILES string of the molecule is CCCCCC1CCC([C@H]2CC[C@](F)(CC)CC2)CC1. The zero-order chi connectivity index (χ0) is 14.4. The fourth-order valence-electron chi connectivity index (χ4n) is 4.61. The van der Waals surface area contributed by atoms with Gasteiger partial charge in [0.05, 0.1) is 0 Å². The van der Waals surface area contributed by atoms with E-state index >= 15 is 0 Å². The van der Waals surface area contributed by atoms with Crippen molar-refractivity contribution in [1.29, 1.82) is 0 Å². The Morgan fingerprint density at radius 2 is 1.45 bits per heavy atom. The molecule has 0 N–H and O–H groups in total. The molecule has 118 valence electrons. The summed E-state index contributed by atoms with van der Waals surface area (Å²) in [7, 11) is 0. The van der Waals surface area contributed by atoms with Gasteiger partial charge in [-0.1, -0.05) is 52.4 Å². The zero-order valence-electron chi connectivity index (χ0n) is 13.8. The minimum Gasteiger partial charge on any atom is -0.244 e. The summed E-state index contributed by atoms with van der Waals surface area (Å²) in [6.45, 7) is 4.31. The molecular weight excluding hydrogens is 247 g/mol. The average molecular weight is 282 g/mol. The third-order valence-corrected chi connectivity index (χ3v) is 6.33. The number of hydrogen-bond donors (Lipinski definition) is 0. The standard InChI is InChI=1S/C19H35F/c1-3-5-6-7-16-8-10-17(11-9-16)18-12-14-19(20,4-2)15-13-18/h16-18H,3-15H2,1-2H3/t16?,17?,18-,19+. The van der Waals surface area contributed by atoms with Crippen molar-refractivity contribution in [2.45, 2.75) is 103 Å². The number of rotatable bonds is 6. The van der Waals surface area contributed by atoms with Crippen LogP contribution < -0.4 is 0 Å². The molecule has 0 aromatic rings. The predicted molar refractivity (Wildman–Crippen MR) is 85.7 cm³/mol. The van der Waals surface area contributed by atoms with Crippen LogP contribution in [0.25, 0.3) is 0 Å². The topological polar surface area (TPSA) is 0 Å². The highest BCUT2D eigenvalue weighted by Crippen LogP contribution is 2.45. The molecule has 0 radical (unpaired) electrons. The van der Waals surface area contributed by atoms with E-state index in [0.29, 0.717) is 0 Å². The summed E-state index contributed by atoms with van der Waals surface area (Å²) in [5.41, 5.74) is -0.812. The normalized spacial score (nSPS) is 38.9. The maximum Gasteiger partial charge on any atom is 0.110 e. The third-order valence-electron chi connectivity index (χ3n) is 6.33. The van der Waals surface area contributed by atoms with Gasteiger partial charge in [-0.25, -0.2) is 4.39 Å². The second-order valence-electron chi connectivity index (χ2n) is 7.62. The Morgan fingerprint density at radius 1 is 0.850 bits per heavy atom. The molecule has 2 rings (SSSR count). The highest BCUT2D eigenvalue weighted by molar-refractivity contribution is 4.88. The van der Waals surface area contributed by atoms with Crippen LogP contribution in [0.2, 0.25) is 0 Å². The van der Waals surface area contributed by atoms with Crippen LogP contribution in [0.1, 0.15) is 97.3 Å². The predicted octanol–water partition coefficient (Wildman–Crippen LogP) is 6.68. The van der Waals surface area contributed by atoms with E-state index in [2.05, 4.69) is 6.92 Å². The first kappa shape index (κ1) is 16.3. The molecule has 0 atom stereocenters. The number of hydrogen-bond acceptors (Lipinski definition) is 0. The van der Waals surface area contributed by atoms with Gasteiger partial charge in [-0.15, -0.1) is 0 Å². The summed E-state index contributed by atoms with van der Waals surface area (Å²) >= 11 is 0. The molecule has 1 heteroatoms. The molecule has 2 saturated carbocycles. The molecular formula is C19H35F. The van der Waals surface area contributed by atoms with E-state index in [-0.39, 0.29) is 0 Å². The van der Waals surface area contributed by atoms with Gasteiger partial charge in [-0.3, -0.25) is 0 Å². The van der Waals surface area contributed by atoms with E-state index in [4.69, 9.17) is 0 Å². The lowest BCUT2D eigenvalue weighted by Crippen LogP contribution is -2.32. The molecule has 0 amide bonds. The molecule has 0 aromatic carbocycles. The fourth-order valence-corrected chi connectivity index (χ4v) is 4.61. The Balaban J connectivity index is 1.67. The summed E-state index contributed by atoms with van der Waals surface area (Å²) in [4.78, 5) is 0. The highest BCUT2D eigenvalue weighted by atomic mass is 19.1. The van der Waals surface area contributed by atoms with Crippen molar-refractivity contribution >= 4 is 0 Å². The van der Waals surface area contributed by atoms with Crippen LogP contribution >= 0.6 is 0 Å². The molecule has 0 bridgehead atoms. The fraction of sp³-hybridized carbons (Fsp3) is 1.00. The Kier molecular flexibility index (Phi) is 6.36. The molecule has 0 nitrogen and oxygen atoms in total. The summed E-state index contributed by atoms with van der Waals surface area (Å²) in [6, 6.07) is 0. The van der Waals surface area contributed by atoms with Crippen molar-refractivity contribution in [1.82, 2.24) is 0 Å². The van der Waals surface area contributed by atoms with Gasteiger partial charge in [-0.05, 0) is 62.7 Å². The third kappa shape index (κ3) is 4.46. The summed E-state index contributed by atoms with van der Waals surface area (Å²) in [5, 5.41) is 0. The van der Waals surface area contributed by atoms with Crippen LogP contribution in [-0.2, 0) is 0 Å². The largest absolute Gasteiger partial charge is 0.244 e. The van der Waals surface area contributed by atoms with Crippen LogP contribution in [0, 0.1) is 17.8 Å². The number of unbranched alkanes of at least 4 members (excludes halogenated alkanes) is 2. The molecule has 0 unspecified atom stereocenters. The van der Waals surface area contributed by atoms with Gasteiger partial charge in [0.1, 0.15) is 5.67 Å². The first-order valence-electron chi connectivity index (χ1n) is 9.35. The highest BCUT2D eigenvalue weighted by Gasteiger charge is 2.37. The Labute approximate surface area is 125 Å². The summed E-state index contributed by atoms with van der Waals surface area (Å²) < 4.78 is 14.3. The molecule has 2 aliphatic rings. The first-order chi connectivity index (χ1) is 9.67. The Bertz CT molecular complexity index is 257. The monoisotopic (exact) mass is 282 g/mol. The van der Waals surface area contributed by atoms with E-state index in [1.807, 2.05) is 6.92 Å². The minimum absolute atomic E-state index is 0.726. The van der Waals surface area contributed by atoms with Crippen LogP contribution in [0.4, 0.5) is 4.39 Å². The lowest BCUT2D eigenvalue weighted by atomic mass is 9.67. The van der Waals surface area contributed by atoms with Crippen molar-refractivity contribution in [3.8, 4) is 0 Å². The molecule has 2 aliphatic carbocycles. The average Bonchev–Trinajstić information content (AvgIpc) is 2.49. The Hall–Kier alpha value is -0.0700. The molecule has 2 fully saturated rings. The van der Waals surface area contributed by atoms with Crippen molar-refractivity contribution < 1.29 is 4.39 Å². The molecule has 0 spiro atoms. The smallest absolute Gasteiger partial charge is 0.110 e. The van der Waals surface area contributed by atoms with Crippen LogP contribution in [0.3, 0.4) is 0 Å². The van der Waals surface area contributed by atoms with Gasteiger partial charge in [0.25, 0.3) is 0 Å². The molecule has 0 heterocycles. The van der Waals surface area contributed by atoms with E-state index < -0.39 is 5.67 Å². The van der Waals surface area contributed by atoms with E-state index in [9.17, 15) is 4.39 Å². The second-order valence-corrected chi connectivity index (χ2v) is 7.62. The Morgan fingerprint density at radius 3 is 2.00 bits per heavy atom. The van der Waals surface area contributed by atoms with E-state index in [0.717, 1.165) is 49.9 Å². The minimum atomic E-state index is -0.812. The van der Waals surface area contributed by atoms with Gasteiger partial charge >= 0.3 is 0 Å². The van der Waals surface area contributed by atoms with Crippen LogP contribution in [0.5, 0.6) is 0 Å². The number of halogens is 1. The van der Waals surface area contributed by atoms with Crippen LogP contribution in [-0.4, -0.2) is 5.67 Å². The number of alkyl halides is 1. The van der Waals surface area contributed by atoms with E-state index in [1.165, 1.54) is 51.4 Å². The maximum absolute atomic E-state index is 14.3. The van der Waals surface area contributed by atoms with Crippen molar-refractivity contribution in [2.75, 3.05) is 0 Å². The first-order valence-corrected chi connectivity index (χ1v) is 9.35. The quantitative estimate of drug-likeness (QED) is 0.476. The van der Waals surface area contributed by atoms with Crippen molar-refractivity contribution in [3.05, 3.63) is 0 Å². The molecule has 20 heavy (non-hydrogen) atoms. The van der Waals surface area contributed by atoms with E-state index in [1.54, 1.807) is 0 Å². The summed E-state index contributed by atoms with van der Waals surface area (Å²) in [5.74, 6) is 2.79. The second kappa shape index (κ2) is 7.80. The lowest BCUT2D eigenvalue weighted by Gasteiger charge is -2.40. The van der Waals surface area contributed by atoms with Crippen molar-refractivity contribution in [3.63, 3.8) is 0 Å². The molecule has 0 saturated heterocycles. The van der Waals surface area contributed by atoms with Crippen LogP contribution in [0.15, 0.2) is 0 Å². The van der Waals surface area contributed by atoms with Gasteiger partial charge in [0.15, 0.2) is 0 Å². The van der Waals surface area contributed by atoms with Gasteiger partial charge in [-0.2, -0.15) is 0 Å². The molecule has 0 aromatic heterocycles. The van der Waals surface area contributed by atoms with Gasteiger partial charge in [0.2, 0.25) is 0 Å².